The van der Waals surface area contributed by atoms with Crippen LogP contribution in [0.4, 0.5) is 5.69 Å². The Morgan fingerprint density at radius 3 is 2.65 bits per heavy atom. The van der Waals surface area contributed by atoms with Crippen LogP contribution in [0.1, 0.15) is 11.4 Å². The van der Waals surface area contributed by atoms with E-state index in [9.17, 15) is 0 Å². The first-order valence-corrected chi connectivity index (χ1v) is 6.40. The molecular formula is C15H14N4O. The Kier molecular flexibility index (Phi) is 3.41. The van der Waals surface area contributed by atoms with Crippen molar-refractivity contribution in [2.75, 3.05) is 5.73 Å². The summed E-state index contributed by atoms with van der Waals surface area (Å²) in [5.74, 6) is 1.03. The molecule has 1 aromatic carbocycles. The van der Waals surface area contributed by atoms with Gasteiger partial charge in [-0.05, 0) is 24.1 Å². The van der Waals surface area contributed by atoms with Crippen LogP contribution in [-0.2, 0) is 12.8 Å². The molecule has 0 spiro atoms. The fourth-order valence-electron chi connectivity index (χ4n) is 1.95. The Morgan fingerprint density at radius 1 is 1.00 bits per heavy atom. The molecule has 0 aliphatic heterocycles. The highest BCUT2D eigenvalue weighted by Crippen LogP contribution is 2.20. The van der Waals surface area contributed by atoms with Gasteiger partial charge in [0, 0.05) is 12.6 Å². The number of anilines is 1. The van der Waals surface area contributed by atoms with Crippen LogP contribution in [0.15, 0.2) is 53.2 Å². The molecule has 0 unspecified atom stereocenters. The largest absolute Gasteiger partial charge is 0.397 e. The van der Waals surface area contributed by atoms with E-state index in [0.29, 0.717) is 23.1 Å². The molecule has 0 saturated carbocycles. The van der Waals surface area contributed by atoms with Crippen LogP contribution < -0.4 is 5.73 Å². The summed E-state index contributed by atoms with van der Waals surface area (Å²) < 4.78 is 5.22. The molecule has 2 aromatic heterocycles. The van der Waals surface area contributed by atoms with E-state index >= 15 is 0 Å². The summed E-state index contributed by atoms with van der Waals surface area (Å²) in [6.45, 7) is 0. The van der Waals surface area contributed by atoms with Gasteiger partial charge in [0.1, 0.15) is 0 Å². The Morgan fingerprint density at radius 2 is 1.85 bits per heavy atom. The molecule has 0 fully saturated rings. The van der Waals surface area contributed by atoms with Crippen LogP contribution >= 0.6 is 0 Å². The molecule has 0 atom stereocenters. The predicted molar refractivity (Wildman–Crippen MR) is 75.8 cm³/mol. The van der Waals surface area contributed by atoms with Crippen molar-refractivity contribution in [3.63, 3.8) is 0 Å². The normalized spacial score (nSPS) is 10.6. The third-order valence-corrected chi connectivity index (χ3v) is 2.99. The zero-order valence-electron chi connectivity index (χ0n) is 10.9. The topological polar surface area (TPSA) is 77.8 Å². The zero-order valence-corrected chi connectivity index (χ0v) is 10.9. The lowest BCUT2D eigenvalue weighted by molar-refractivity contribution is 0.421. The number of rotatable bonds is 4. The van der Waals surface area contributed by atoms with Crippen molar-refractivity contribution < 1.29 is 4.52 Å². The second kappa shape index (κ2) is 5.52. The summed E-state index contributed by atoms with van der Waals surface area (Å²) in [7, 11) is 0. The average molecular weight is 266 g/mol. The summed E-state index contributed by atoms with van der Waals surface area (Å²) in [5, 5.41) is 3.97. The minimum Gasteiger partial charge on any atom is -0.397 e. The standard InChI is InChI=1S/C15H14N4O/c16-12-7-4-10-17-14(12)15-18-13(19-20-15)9-8-11-5-2-1-3-6-11/h1-7,10H,8-9,16H2. The molecule has 0 aliphatic carbocycles. The van der Waals surface area contributed by atoms with E-state index in [1.165, 1.54) is 5.56 Å². The van der Waals surface area contributed by atoms with Gasteiger partial charge in [-0.15, -0.1) is 0 Å². The van der Waals surface area contributed by atoms with Gasteiger partial charge in [0.15, 0.2) is 11.5 Å². The Labute approximate surface area is 116 Å². The van der Waals surface area contributed by atoms with Crippen molar-refractivity contribution in [1.82, 2.24) is 15.1 Å². The van der Waals surface area contributed by atoms with E-state index in [1.54, 1.807) is 18.3 Å². The van der Waals surface area contributed by atoms with Crippen LogP contribution in [0.2, 0.25) is 0 Å². The second-order valence-electron chi connectivity index (χ2n) is 4.44. The highest BCUT2D eigenvalue weighted by Gasteiger charge is 2.12. The van der Waals surface area contributed by atoms with E-state index in [-0.39, 0.29) is 0 Å². The lowest BCUT2D eigenvalue weighted by Gasteiger charge is -1.97. The number of aryl methyl sites for hydroxylation is 2. The maximum absolute atomic E-state index is 5.84. The monoisotopic (exact) mass is 266 g/mol. The maximum Gasteiger partial charge on any atom is 0.278 e. The van der Waals surface area contributed by atoms with Crippen LogP contribution in [0.5, 0.6) is 0 Å². The molecule has 3 rings (SSSR count). The molecule has 2 N–H and O–H groups in total. The van der Waals surface area contributed by atoms with Crippen molar-refractivity contribution in [3.8, 4) is 11.6 Å². The van der Waals surface area contributed by atoms with Gasteiger partial charge in [0.2, 0.25) is 0 Å². The van der Waals surface area contributed by atoms with E-state index < -0.39 is 0 Å². The molecular weight excluding hydrogens is 252 g/mol. The van der Waals surface area contributed by atoms with Crippen LogP contribution in [0, 0.1) is 0 Å². The highest BCUT2D eigenvalue weighted by molar-refractivity contribution is 5.65. The summed E-state index contributed by atoms with van der Waals surface area (Å²) in [4.78, 5) is 8.50. The number of nitrogens with zero attached hydrogens (tertiary/aromatic N) is 3. The molecule has 5 nitrogen and oxygen atoms in total. The maximum atomic E-state index is 5.84. The third kappa shape index (κ3) is 2.66. The molecule has 5 heteroatoms. The zero-order chi connectivity index (χ0) is 13.8. The number of benzene rings is 1. The van der Waals surface area contributed by atoms with Gasteiger partial charge < -0.3 is 10.3 Å². The second-order valence-corrected chi connectivity index (χ2v) is 4.44. The number of nitrogen functional groups attached to an aromatic ring is 1. The lowest BCUT2D eigenvalue weighted by Crippen LogP contribution is -1.95. The molecule has 20 heavy (non-hydrogen) atoms. The van der Waals surface area contributed by atoms with Gasteiger partial charge in [-0.3, -0.25) is 0 Å². The quantitative estimate of drug-likeness (QED) is 0.785. The minimum absolute atomic E-state index is 0.367. The fraction of sp³-hybridized carbons (Fsp3) is 0.133. The molecule has 0 aliphatic rings. The summed E-state index contributed by atoms with van der Waals surface area (Å²) in [6.07, 6.45) is 3.25. The third-order valence-electron chi connectivity index (χ3n) is 2.99. The average Bonchev–Trinajstić information content (AvgIpc) is 2.95. The first-order chi connectivity index (χ1) is 9.83. The first kappa shape index (κ1) is 12.3. The van der Waals surface area contributed by atoms with Crippen molar-refractivity contribution in [2.24, 2.45) is 0 Å². The Balaban J connectivity index is 1.73. The van der Waals surface area contributed by atoms with Crippen molar-refractivity contribution in [3.05, 3.63) is 60.0 Å². The lowest BCUT2D eigenvalue weighted by atomic mass is 10.1. The molecule has 3 aromatic rings. The fourth-order valence-corrected chi connectivity index (χ4v) is 1.95. The molecule has 0 amide bonds. The molecule has 0 bridgehead atoms. The smallest absolute Gasteiger partial charge is 0.278 e. The highest BCUT2D eigenvalue weighted by atomic mass is 16.5. The minimum atomic E-state index is 0.367. The van der Waals surface area contributed by atoms with E-state index in [4.69, 9.17) is 10.3 Å². The number of hydrogen-bond donors (Lipinski definition) is 1. The van der Waals surface area contributed by atoms with E-state index in [2.05, 4.69) is 27.3 Å². The summed E-state index contributed by atoms with van der Waals surface area (Å²) in [6, 6.07) is 13.7. The van der Waals surface area contributed by atoms with E-state index in [0.717, 1.165) is 12.8 Å². The van der Waals surface area contributed by atoms with Crippen LogP contribution in [-0.4, -0.2) is 15.1 Å². The summed E-state index contributed by atoms with van der Waals surface area (Å²) >= 11 is 0. The Bertz CT molecular complexity index is 694. The van der Waals surface area contributed by atoms with Crippen molar-refractivity contribution in [1.29, 1.82) is 0 Å². The SMILES string of the molecule is Nc1cccnc1-c1nc(CCc2ccccc2)no1. The number of hydrogen-bond acceptors (Lipinski definition) is 5. The number of aromatic nitrogens is 3. The van der Waals surface area contributed by atoms with Gasteiger partial charge in [0.25, 0.3) is 5.89 Å². The number of nitrogens with two attached hydrogens (primary N) is 1. The van der Waals surface area contributed by atoms with Gasteiger partial charge >= 0.3 is 0 Å². The molecule has 2 heterocycles. The molecule has 100 valence electrons. The predicted octanol–water partition coefficient (Wildman–Crippen LogP) is 2.50. The Hall–Kier alpha value is -2.69. The van der Waals surface area contributed by atoms with Gasteiger partial charge in [-0.1, -0.05) is 35.5 Å². The van der Waals surface area contributed by atoms with Crippen LogP contribution in [0.25, 0.3) is 11.6 Å². The summed E-state index contributed by atoms with van der Waals surface area (Å²) in [5.41, 5.74) is 8.15. The van der Waals surface area contributed by atoms with Gasteiger partial charge in [0.05, 0.1) is 5.69 Å². The van der Waals surface area contributed by atoms with Crippen LogP contribution in [0.3, 0.4) is 0 Å². The number of pyridine rings is 1. The molecule has 0 radical (unpaired) electrons. The first-order valence-electron chi connectivity index (χ1n) is 6.40. The van der Waals surface area contributed by atoms with Crippen molar-refractivity contribution >= 4 is 5.69 Å². The molecule has 0 saturated heterocycles. The van der Waals surface area contributed by atoms with Gasteiger partial charge in [-0.25, -0.2) is 4.98 Å². The van der Waals surface area contributed by atoms with Crippen molar-refractivity contribution in [2.45, 2.75) is 12.8 Å². The van der Waals surface area contributed by atoms with E-state index in [1.807, 2.05) is 18.2 Å². The van der Waals surface area contributed by atoms with Gasteiger partial charge in [-0.2, -0.15) is 4.98 Å².